The number of benzene rings is 1. The summed E-state index contributed by atoms with van der Waals surface area (Å²) in [7, 11) is 0. The van der Waals surface area contributed by atoms with Crippen LogP contribution in [0.2, 0.25) is 0 Å². The molecule has 6 heteroatoms. The zero-order valence-electron chi connectivity index (χ0n) is 14.3. The lowest BCUT2D eigenvalue weighted by Crippen LogP contribution is -2.40. The third-order valence-electron chi connectivity index (χ3n) is 5.37. The van der Waals surface area contributed by atoms with E-state index in [0.29, 0.717) is 32.6 Å². The third-order valence-corrected chi connectivity index (χ3v) is 5.37. The molecule has 0 radical (unpaired) electrons. The van der Waals surface area contributed by atoms with Crippen molar-refractivity contribution in [1.29, 1.82) is 0 Å². The summed E-state index contributed by atoms with van der Waals surface area (Å²) in [4.78, 5) is 27.5. The number of hydrogen-bond donors (Lipinski definition) is 1. The van der Waals surface area contributed by atoms with Crippen molar-refractivity contribution in [2.75, 3.05) is 26.2 Å². The molecule has 6 nitrogen and oxygen atoms in total. The number of amides is 3. The number of nitrogens with two attached hydrogens (primary N) is 1. The van der Waals surface area contributed by atoms with Gasteiger partial charge >= 0.3 is 6.03 Å². The Morgan fingerprint density at radius 2 is 1.72 bits per heavy atom. The number of fused-ring (bicyclic) bond motifs is 2. The molecule has 2 heterocycles. The van der Waals surface area contributed by atoms with Gasteiger partial charge in [0, 0.05) is 37.1 Å². The first-order valence-corrected chi connectivity index (χ1v) is 8.96. The Bertz CT molecular complexity index is 827. The molecule has 0 spiro atoms. The molecule has 0 bridgehead atoms. The molecule has 0 saturated carbocycles. The van der Waals surface area contributed by atoms with Crippen LogP contribution in [-0.4, -0.2) is 47.9 Å². The molecule has 1 aliphatic heterocycles. The SMILES string of the molecule is NC(=O)N1CCCN(C(=O)Cc2coc3cc4c(cc23)CCC4)CC1. The summed E-state index contributed by atoms with van der Waals surface area (Å²) < 4.78 is 5.70. The van der Waals surface area contributed by atoms with Crippen LogP contribution in [0.4, 0.5) is 4.79 Å². The van der Waals surface area contributed by atoms with Gasteiger partial charge in [-0.05, 0) is 48.9 Å². The van der Waals surface area contributed by atoms with Crippen LogP contribution < -0.4 is 5.73 Å². The fourth-order valence-corrected chi connectivity index (χ4v) is 3.95. The molecule has 0 unspecified atom stereocenters. The van der Waals surface area contributed by atoms with E-state index in [2.05, 4.69) is 12.1 Å². The van der Waals surface area contributed by atoms with Gasteiger partial charge in [-0.15, -0.1) is 0 Å². The van der Waals surface area contributed by atoms with Gasteiger partial charge in [-0.3, -0.25) is 4.79 Å². The molecule has 2 N–H and O–H groups in total. The minimum Gasteiger partial charge on any atom is -0.464 e. The predicted molar refractivity (Wildman–Crippen MR) is 94.3 cm³/mol. The van der Waals surface area contributed by atoms with Crippen LogP contribution in [-0.2, 0) is 24.1 Å². The van der Waals surface area contributed by atoms with Crippen molar-refractivity contribution in [3.8, 4) is 0 Å². The average molecular weight is 341 g/mol. The van der Waals surface area contributed by atoms with Gasteiger partial charge in [-0.25, -0.2) is 4.79 Å². The summed E-state index contributed by atoms with van der Waals surface area (Å²) in [6.45, 7) is 2.31. The second-order valence-corrected chi connectivity index (χ2v) is 6.97. The highest BCUT2D eigenvalue weighted by Crippen LogP contribution is 2.30. The molecule has 4 rings (SSSR count). The summed E-state index contributed by atoms with van der Waals surface area (Å²) in [5.41, 5.74) is 9.93. The first-order valence-electron chi connectivity index (χ1n) is 8.96. The molecule has 1 aromatic carbocycles. The Morgan fingerprint density at radius 1 is 1.00 bits per heavy atom. The topological polar surface area (TPSA) is 79.8 Å². The lowest BCUT2D eigenvalue weighted by atomic mass is 10.0. The van der Waals surface area contributed by atoms with E-state index in [9.17, 15) is 9.59 Å². The Balaban J connectivity index is 1.49. The lowest BCUT2D eigenvalue weighted by molar-refractivity contribution is -0.130. The van der Waals surface area contributed by atoms with Gasteiger partial charge in [0.15, 0.2) is 0 Å². The zero-order chi connectivity index (χ0) is 17.4. The van der Waals surface area contributed by atoms with E-state index >= 15 is 0 Å². The number of rotatable bonds is 2. The first kappa shape index (κ1) is 16.0. The molecular formula is C19H23N3O3. The second kappa shape index (κ2) is 6.43. The van der Waals surface area contributed by atoms with Crippen molar-refractivity contribution in [2.24, 2.45) is 5.73 Å². The third kappa shape index (κ3) is 3.08. The van der Waals surface area contributed by atoms with Crippen LogP contribution in [0.3, 0.4) is 0 Å². The molecule has 0 atom stereocenters. The quantitative estimate of drug-likeness (QED) is 0.908. The van der Waals surface area contributed by atoms with Gasteiger partial charge in [0.05, 0.1) is 12.7 Å². The minimum absolute atomic E-state index is 0.0783. The van der Waals surface area contributed by atoms with E-state index in [1.165, 1.54) is 17.5 Å². The molecule has 3 amide bonds. The van der Waals surface area contributed by atoms with Gasteiger partial charge in [0.2, 0.25) is 5.91 Å². The Kier molecular flexibility index (Phi) is 4.11. The van der Waals surface area contributed by atoms with Crippen LogP contribution in [0.5, 0.6) is 0 Å². The molecule has 1 saturated heterocycles. The highest BCUT2D eigenvalue weighted by molar-refractivity contribution is 5.88. The summed E-state index contributed by atoms with van der Waals surface area (Å²) in [5, 5.41) is 1.06. The largest absolute Gasteiger partial charge is 0.464 e. The molecule has 2 aliphatic rings. The molecule has 1 aliphatic carbocycles. The van der Waals surface area contributed by atoms with Gasteiger partial charge in [-0.1, -0.05) is 0 Å². The molecule has 132 valence electrons. The molecule has 1 fully saturated rings. The summed E-state index contributed by atoms with van der Waals surface area (Å²) in [5.74, 6) is 0.0783. The molecule has 1 aromatic heterocycles. The van der Waals surface area contributed by atoms with Crippen LogP contribution in [0.25, 0.3) is 11.0 Å². The summed E-state index contributed by atoms with van der Waals surface area (Å²) >= 11 is 0. The number of carbonyl (C=O) groups is 2. The number of urea groups is 1. The van der Waals surface area contributed by atoms with Crippen LogP contribution in [0.15, 0.2) is 22.8 Å². The van der Waals surface area contributed by atoms with Crippen LogP contribution in [0, 0.1) is 0 Å². The smallest absolute Gasteiger partial charge is 0.314 e. The lowest BCUT2D eigenvalue weighted by Gasteiger charge is -2.21. The average Bonchev–Trinajstić information content (AvgIpc) is 3.11. The maximum absolute atomic E-state index is 12.7. The fraction of sp³-hybridized carbons (Fsp3) is 0.474. The zero-order valence-corrected chi connectivity index (χ0v) is 14.3. The summed E-state index contributed by atoms with van der Waals surface area (Å²) in [6.07, 6.45) is 6.23. The Morgan fingerprint density at radius 3 is 2.52 bits per heavy atom. The van der Waals surface area contributed by atoms with Crippen LogP contribution >= 0.6 is 0 Å². The molecule has 2 aromatic rings. The standard InChI is InChI=1S/C19H23N3O3/c20-19(24)22-6-2-5-21(7-8-22)18(23)11-15-12-25-17-10-14-4-1-3-13(14)9-16(15)17/h9-10,12H,1-8,11H2,(H2,20,24). The first-order chi connectivity index (χ1) is 12.1. The number of carbonyl (C=O) groups excluding carboxylic acids is 2. The predicted octanol–water partition coefficient (Wildman–Crippen LogP) is 2.08. The highest BCUT2D eigenvalue weighted by atomic mass is 16.3. The minimum atomic E-state index is -0.413. The number of aryl methyl sites for hydroxylation is 2. The maximum atomic E-state index is 12.7. The number of nitrogens with zero attached hydrogens (tertiary/aromatic N) is 2. The number of hydrogen-bond acceptors (Lipinski definition) is 3. The normalized spacial score (nSPS) is 17.6. The van der Waals surface area contributed by atoms with Crippen molar-refractivity contribution in [2.45, 2.75) is 32.1 Å². The Hall–Kier alpha value is -2.50. The van der Waals surface area contributed by atoms with Crippen molar-refractivity contribution in [3.05, 3.63) is 35.1 Å². The van der Waals surface area contributed by atoms with E-state index in [4.69, 9.17) is 10.2 Å². The van der Waals surface area contributed by atoms with E-state index in [1.807, 2.05) is 4.90 Å². The number of furan rings is 1. The maximum Gasteiger partial charge on any atom is 0.314 e. The van der Waals surface area contributed by atoms with Gasteiger partial charge in [-0.2, -0.15) is 0 Å². The van der Waals surface area contributed by atoms with E-state index in [0.717, 1.165) is 35.8 Å². The second-order valence-electron chi connectivity index (χ2n) is 6.97. The van der Waals surface area contributed by atoms with Crippen molar-refractivity contribution in [3.63, 3.8) is 0 Å². The molecular weight excluding hydrogens is 318 g/mol. The van der Waals surface area contributed by atoms with E-state index < -0.39 is 6.03 Å². The van der Waals surface area contributed by atoms with Crippen molar-refractivity contribution in [1.82, 2.24) is 9.80 Å². The van der Waals surface area contributed by atoms with Gasteiger partial charge in [0.1, 0.15) is 5.58 Å². The van der Waals surface area contributed by atoms with E-state index in [1.54, 1.807) is 11.2 Å². The van der Waals surface area contributed by atoms with Crippen molar-refractivity contribution < 1.29 is 14.0 Å². The monoisotopic (exact) mass is 341 g/mol. The molecule has 25 heavy (non-hydrogen) atoms. The van der Waals surface area contributed by atoms with Gasteiger partial charge in [0.25, 0.3) is 0 Å². The highest BCUT2D eigenvalue weighted by Gasteiger charge is 2.22. The van der Waals surface area contributed by atoms with Gasteiger partial charge < -0.3 is 20.0 Å². The summed E-state index contributed by atoms with van der Waals surface area (Å²) in [6, 6.07) is 3.91. The van der Waals surface area contributed by atoms with E-state index in [-0.39, 0.29) is 5.91 Å². The Labute approximate surface area is 146 Å². The fourth-order valence-electron chi connectivity index (χ4n) is 3.95. The van der Waals surface area contributed by atoms with Crippen molar-refractivity contribution >= 4 is 22.9 Å². The number of primary amides is 1. The van der Waals surface area contributed by atoms with Crippen LogP contribution in [0.1, 0.15) is 29.5 Å².